The molecule has 2 atom stereocenters. The van der Waals surface area contributed by atoms with E-state index in [1.165, 1.54) is 0 Å². The molecule has 1 amide bonds. The van der Waals surface area contributed by atoms with E-state index in [2.05, 4.69) is 0 Å². The van der Waals surface area contributed by atoms with Crippen LogP contribution in [0.5, 0.6) is 5.75 Å². The van der Waals surface area contributed by atoms with Crippen molar-refractivity contribution < 1.29 is 14.6 Å². The molecule has 1 N–H and O–H groups in total. The first-order chi connectivity index (χ1) is 7.63. The molecule has 1 heterocycles. The Morgan fingerprint density at radius 1 is 1.38 bits per heavy atom. The van der Waals surface area contributed by atoms with Gasteiger partial charge < -0.3 is 14.7 Å². The van der Waals surface area contributed by atoms with Crippen LogP contribution in [0.25, 0.3) is 0 Å². The van der Waals surface area contributed by atoms with Crippen molar-refractivity contribution in [3.8, 4) is 5.75 Å². The monoisotopic (exact) mass is 221 g/mol. The van der Waals surface area contributed by atoms with Gasteiger partial charge in [-0.1, -0.05) is 12.1 Å². The van der Waals surface area contributed by atoms with E-state index < -0.39 is 6.10 Å². The first kappa shape index (κ1) is 11.0. The van der Waals surface area contributed by atoms with Crippen molar-refractivity contribution in [3.63, 3.8) is 0 Å². The summed E-state index contributed by atoms with van der Waals surface area (Å²) < 4.78 is 5.07. The summed E-state index contributed by atoms with van der Waals surface area (Å²) in [5.74, 6) is 0.581. The molecule has 1 aromatic rings. The summed E-state index contributed by atoms with van der Waals surface area (Å²) in [6.45, 7) is 0. The van der Waals surface area contributed by atoms with Crippen molar-refractivity contribution in [2.24, 2.45) is 0 Å². The fourth-order valence-corrected chi connectivity index (χ4v) is 2.04. The summed E-state index contributed by atoms with van der Waals surface area (Å²) in [7, 11) is 3.33. The second-order valence-electron chi connectivity index (χ2n) is 3.99. The number of nitrogens with zero attached hydrogens (tertiary/aromatic N) is 1. The highest BCUT2D eigenvalue weighted by Gasteiger charge is 2.36. The maximum atomic E-state index is 11.5. The fourth-order valence-electron chi connectivity index (χ4n) is 2.04. The van der Waals surface area contributed by atoms with E-state index in [0.717, 1.165) is 11.3 Å². The number of likely N-dealkylation sites (N-methyl/N-ethyl adjacent to an activating group) is 1. The number of amides is 1. The summed E-state index contributed by atoms with van der Waals surface area (Å²) in [6, 6.07) is 7.53. The summed E-state index contributed by atoms with van der Waals surface area (Å²) >= 11 is 0. The normalized spacial score (nSPS) is 24.9. The number of rotatable bonds is 2. The van der Waals surface area contributed by atoms with Gasteiger partial charge in [0, 0.05) is 13.5 Å². The lowest BCUT2D eigenvalue weighted by molar-refractivity contribution is -0.134. The number of carbonyl (C=O) groups excluding carboxylic acids is 1. The molecule has 1 aliphatic heterocycles. The molecule has 86 valence electrons. The van der Waals surface area contributed by atoms with Crippen molar-refractivity contribution in [1.29, 1.82) is 0 Å². The maximum Gasteiger partial charge on any atom is 0.251 e. The van der Waals surface area contributed by atoms with E-state index in [4.69, 9.17) is 4.74 Å². The van der Waals surface area contributed by atoms with Crippen LogP contribution in [-0.4, -0.2) is 36.2 Å². The van der Waals surface area contributed by atoms with Crippen molar-refractivity contribution in [1.82, 2.24) is 4.90 Å². The van der Waals surface area contributed by atoms with Crippen LogP contribution in [0.4, 0.5) is 0 Å². The minimum Gasteiger partial charge on any atom is -0.497 e. The molecule has 0 aliphatic carbocycles. The van der Waals surface area contributed by atoms with Crippen LogP contribution in [0, 0.1) is 0 Å². The molecule has 1 fully saturated rings. The zero-order valence-electron chi connectivity index (χ0n) is 9.38. The molecule has 0 bridgehead atoms. The first-order valence-corrected chi connectivity index (χ1v) is 5.22. The van der Waals surface area contributed by atoms with E-state index >= 15 is 0 Å². The Morgan fingerprint density at radius 2 is 2.00 bits per heavy atom. The number of methoxy groups -OCH3 is 1. The summed E-state index contributed by atoms with van der Waals surface area (Å²) in [6.07, 6.45) is -0.404. The molecule has 0 aromatic heterocycles. The lowest BCUT2D eigenvalue weighted by Crippen LogP contribution is -2.26. The van der Waals surface area contributed by atoms with Crippen molar-refractivity contribution in [3.05, 3.63) is 29.8 Å². The van der Waals surface area contributed by atoms with Crippen LogP contribution in [0.2, 0.25) is 0 Å². The predicted octanol–water partition coefficient (Wildman–Crippen LogP) is 0.959. The van der Waals surface area contributed by atoms with Gasteiger partial charge >= 0.3 is 0 Å². The number of ether oxygens (including phenoxy) is 1. The van der Waals surface area contributed by atoms with E-state index in [9.17, 15) is 9.90 Å². The highest BCUT2D eigenvalue weighted by Crippen LogP contribution is 2.32. The second kappa shape index (κ2) is 4.14. The van der Waals surface area contributed by atoms with Gasteiger partial charge in [0.05, 0.1) is 13.2 Å². The van der Waals surface area contributed by atoms with Crippen LogP contribution in [0.1, 0.15) is 18.0 Å². The van der Waals surface area contributed by atoms with Crippen LogP contribution >= 0.6 is 0 Å². The molecule has 4 heteroatoms. The van der Waals surface area contributed by atoms with Crippen LogP contribution in [0.3, 0.4) is 0 Å². The lowest BCUT2D eigenvalue weighted by Gasteiger charge is -2.19. The summed E-state index contributed by atoms with van der Waals surface area (Å²) in [5.41, 5.74) is 1.02. The molecule has 1 aliphatic rings. The van der Waals surface area contributed by atoms with Crippen molar-refractivity contribution in [2.75, 3.05) is 14.2 Å². The largest absolute Gasteiger partial charge is 0.497 e. The van der Waals surface area contributed by atoms with Gasteiger partial charge in [0.15, 0.2) is 0 Å². The van der Waals surface area contributed by atoms with Gasteiger partial charge in [-0.3, -0.25) is 4.79 Å². The van der Waals surface area contributed by atoms with Gasteiger partial charge in [-0.05, 0) is 17.7 Å². The quantitative estimate of drug-likeness (QED) is 0.809. The smallest absolute Gasteiger partial charge is 0.251 e. The van der Waals surface area contributed by atoms with E-state index in [-0.39, 0.29) is 11.9 Å². The summed E-state index contributed by atoms with van der Waals surface area (Å²) in [4.78, 5) is 13.1. The van der Waals surface area contributed by atoms with Gasteiger partial charge in [0.1, 0.15) is 11.9 Å². The zero-order chi connectivity index (χ0) is 11.7. The van der Waals surface area contributed by atoms with Crippen molar-refractivity contribution >= 4 is 5.91 Å². The molecule has 1 saturated heterocycles. The Morgan fingerprint density at radius 3 is 2.44 bits per heavy atom. The number of hydrogen-bond donors (Lipinski definition) is 1. The van der Waals surface area contributed by atoms with E-state index in [1.807, 2.05) is 24.3 Å². The zero-order valence-corrected chi connectivity index (χ0v) is 9.38. The third-order valence-corrected chi connectivity index (χ3v) is 3.05. The molecule has 2 rings (SSSR count). The molecule has 16 heavy (non-hydrogen) atoms. The van der Waals surface area contributed by atoms with Gasteiger partial charge in [0.25, 0.3) is 5.91 Å². The summed E-state index contributed by atoms with van der Waals surface area (Å²) in [5, 5.41) is 9.48. The molecule has 0 spiro atoms. The second-order valence-corrected chi connectivity index (χ2v) is 3.99. The first-order valence-electron chi connectivity index (χ1n) is 5.22. The molecule has 0 saturated carbocycles. The minimum absolute atomic E-state index is 0.0339. The SMILES string of the molecule is COc1ccc([C@@H]2C[C@H](O)C(=O)N2C)cc1. The van der Waals surface area contributed by atoms with Crippen LogP contribution in [-0.2, 0) is 4.79 Å². The molecular weight excluding hydrogens is 206 g/mol. The highest BCUT2D eigenvalue weighted by molar-refractivity contribution is 5.83. The van der Waals surface area contributed by atoms with Crippen molar-refractivity contribution in [2.45, 2.75) is 18.6 Å². The maximum absolute atomic E-state index is 11.5. The topological polar surface area (TPSA) is 49.8 Å². The van der Waals surface area contributed by atoms with Gasteiger partial charge in [0.2, 0.25) is 0 Å². The average Bonchev–Trinajstić information content (AvgIpc) is 2.57. The Hall–Kier alpha value is -1.55. The third-order valence-electron chi connectivity index (χ3n) is 3.05. The molecule has 0 unspecified atom stereocenters. The molecular formula is C12H15NO3. The number of aliphatic hydroxyl groups excluding tert-OH is 1. The minimum atomic E-state index is -0.864. The van der Waals surface area contributed by atoms with Gasteiger partial charge in [-0.15, -0.1) is 0 Å². The Kier molecular flexibility index (Phi) is 2.83. The lowest BCUT2D eigenvalue weighted by atomic mass is 10.0. The number of hydrogen-bond acceptors (Lipinski definition) is 3. The van der Waals surface area contributed by atoms with Gasteiger partial charge in [-0.2, -0.15) is 0 Å². The van der Waals surface area contributed by atoms with Crippen LogP contribution < -0.4 is 4.74 Å². The molecule has 0 radical (unpaired) electrons. The fraction of sp³-hybridized carbons (Fsp3) is 0.417. The van der Waals surface area contributed by atoms with Crippen LogP contribution in [0.15, 0.2) is 24.3 Å². The standard InChI is InChI=1S/C12H15NO3/c1-13-10(7-11(14)12(13)15)8-3-5-9(16-2)6-4-8/h3-6,10-11,14H,7H2,1-2H3/t10-,11-/m0/s1. The predicted molar refractivity (Wildman–Crippen MR) is 59.1 cm³/mol. The molecule has 4 nitrogen and oxygen atoms in total. The Balaban J connectivity index is 2.21. The highest BCUT2D eigenvalue weighted by atomic mass is 16.5. The Labute approximate surface area is 94.4 Å². The van der Waals surface area contributed by atoms with Gasteiger partial charge in [-0.25, -0.2) is 0 Å². The number of carbonyl (C=O) groups is 1. The Bertz CT molecular complexity index is 388. The number of benzene rings is 1. The average molecular weight is 221 g/mol. The van der Waals surface area contributed by atoms with E-state index in [1.54, 1.807) is 19.1 Å². The number of aliphatic hydroxyl groups is 1. The third kappa shape index (κ3) is 1.76. The molecule has 1 aromatic carbocycles. The number of likely N-dealkylation sites (tertiary alicyclic amines) is 1. The van der Waals surface area contributed by atoms with E-state index in [0.29, 0.717) is 6.42 Å².